The molecule has 1 aliphatic heterocycles. The summed E-state index contributed by atoms with van der Waals surface area (Å²) in [7, 11) is 1.91. The lowest BCUT2D eigenvalue weighted by molar-refractivity contribution is 0.496. The molecule has 0 spiro atoms. The minimum atomic E-state index is -0.179. The molecular formula is C23H26N8O. The number of aromatic nitrogens is 6. The fourth-order valence-electron chi connectivity index (χ4n) is 4.46. The first kappa shape index (κ1) is 20.3. The van der Waals surface area contributed by atoms with Crippen LogP contribution in [0.3, 0.4) is 0 Å². The van der Waals surface area contributed by atoms with Crippen molar-refractivity contribution in [3.05, 3.63) is 46.5 Å². The van der Waals surface area contributed by atoms with E-state index in [0.29, 0.717) is 30.7 Å². The zero-order chi connectivity index (χ0) is 22.2. The normalized spacial score (nSPS) is 16.5. The summed E-state index contributed by atoms with van der Waals surface area (Å²) in [4.78, 5) is 20.5. The second-order valence-corrected chi connectivity index (χ2v) is 8.23. The van der Waals surface area contributed by atoms with Crippen LogP contribution in [0.1, 0.15) is 25.3 Å². The van der Waals surface area contributed by atoms with Gasteiger partial charge in [-0.25, -0.2) is 9.67 Å². The van der Waals surface area contributed by atoms with Gasteiger partial charge in [-0.05, 0) is 31.4 Å². The third-order valence-electron chi connectivity index (χ3n) is 6.09. The Labute approximate surface area is 185 Å². The SMILES string of the molecule is CC#CCn1c(N2CCC[C@@H](N)C2)nc2cnn(Cc3cccc4c3cnn4C)c(=O)c21. The van der Waals surface area contributed by atoms with Gasteiger partial charge >= 0.3 is 0 Å². The number of hydrogen-bond acceptors (Lipinski definition) is 6. The summed E-state index contributed by atoms with van der Waals surface area (Å²) in [6.07, 6.45) is 5.50. The lowest BCUT2D eigenvalue weighted by Crippen LogP contribution is -2.44. The van der Waals surface area contributed by atoms with Crippen LogP contribution in [0, 0.1) is 11.8 Å². The molecule has 1 fully saturated rings. The van der Waals surface area contributed by atoms with Crippen LogP contribution >= 0.6 is 0 Å². The third-order valence-corrected chi connectivity index (χ3v) is 6.09. The zero-order valence-corrected chi connectivity index (χ0v) is 18.3. The molecule has 1 atom stereocenters. The van der Waals surface area contributed by atoms with Gasteiger partial charge in [-0.1, -0.05) is 18.1 Å². The van der Waals surface area contributed by atoms with Gasteiger partial charge in [0.05, 0.1) is 31.0 Å². The maximum atomic E-state index is 13.5. The monoisotopic (exact) mass is 430 g/mol. The Bertz CT molecular complexity index is 1420. The van der Waals surface area contributed by atoms with Crippen molar-refractivity contribution in [2.24, 2.45) is 12.8 Å². The molecule has 9 nitrogen and oxygen atoms in total. The third kappa shape index (κ3) is 3.42. The molecule has 1 aromatic carbocycles. The van der Waals surface area contributed by atoms with Gasteiger partial charge < -0.3 is 10.6 Å². The van der Waals surface area contributed by atoms with Crippen molar-refractivity contribution in [1.29, 1.82) is 0 Å². The van der Waals surface area contributed by atoms with Crippen LogP contribution in [0.25, 0.3) is 21.9 Å². The van der Waals surface area contributed by atoms with E-state index in [1.807, 2.05) is 40.7 Å². The van der Waals surface area contributed by atoms with E-state index >= 15 is 0 Å². The molecule has 2 N–H and O–H groups in total. The van der Waals surface area contributed by atoms with E-state index in [1.54, 1.807) is 13.1 Å². The number of benzene rings is 1. The summed E-state index contributed by atoms with van der Waals surface area (Å²) >= 11 is 0. The first-order valence-corrected chi connectivity index (χ1v) is 10.8. The summed E-state index contributed by atoms with van der Waals surface area (Å²) in [5.41, 5.74) is 9.14. The molecule has 3 aromatic heterocycles. The molecule has 0 aliphatic carbocycles. The Balaban J connectivity index is 1.61. The maximum Gasteiger partial charge on any atom is 0.293 e. The molecule has 9 heteroatoms. The van der Waals surface area contributed by atoms with Crippen molar-refractivity contribution in [3.8, 4) is 11.8 Å². The Kier molecular flexibility index (Phi) is 5.15. The van der Waals surface area contributed by atoms with Crippen LogP contribution in [-0.2, 0) is 20.1 Å². The Morgan fingerprint density at radius 2 is 2.12 bits per heavy atom. The van der Waals surface area contributed by atoms with Gasteiger partial charge in [-0.2, -0.15) is 10.2 Å². The molecule has 164 valence electrons. The number of aryl methyl sites for hydroxylation is 1. The van der Waals surface area contributed by atoms with Crippen LogP contribution in [0.4, 0.5) is 5.95 Å². The standard InChI is InChI=1S/C23H26N8O/c1-3-4-11-30-21-19(27-23(30)29-10-6-8-17(24)15-29)13-26-31(22(21)32)14-16-7-5-9-20-18(16)12-25-28(20)2/h5,7,9,12-13,17H,6,8,10-11,14-15,24H2,1-2H3/t17-/m1/s1. The minimum Gasteiger partial charge on any atom is -0.341 e. The highest BCUT2D eigenvalue weighted by Gasteiger charge is 2.24. The van der Waals surface area contributed by atoms with Gasteiger partial charge in [0.1, 0.15) is 11.0 Å². The van der Waals surface area contributed by atoms with Crippen molar-refractivity contribution < 1.29 is 0 Å². The average Bonchev–Trinajstić information content (AvgIpc) is 3.36. The smallest absolute Gasteiger partial charge is 0.293 e. The Morgan fingerprint density at radius 3 is 2.94 bits per heavy atom. The molecule has 0 bridgehead atoms. The molecule has 0 unspecified atom stereocenters. The number of fused-ring (bicyclic) bond motifs is 2. The van der Waals surface area contributed by atoms with E-state index in [0.717, 1.165) is 41.8 Å². The maximum absolute atomic E-state index is 13.5. The Hall–Kier alpha value is -3.64. The topological polar surface area (TPSA) is 99.8 Å². The number of nitrogens with zero attached hydrogens (tertiary/aromatic N) is 7. The number of rotatable bonds is 4. The van der Waals surface area contributed by atoms with Gasteiger partial charge in [0.2, 0.25) is 5.95 Å². The molecule has 0 amide bonds. The lowest BCUT2D eigenvalue weighted by atomic mass is 10.1. The zero-order valence-electron chi connectivity index (χ0n) is 18.3. The number of imidazole rings is 1. The molecule has 4 heterocycles. The fraction of sp³-hybridized carbons (Fsp3) is 0.391. The number of nitrogens with two attached hydrogens (primary N) is 1. The molecule has 4 aromatic rings. The predicted octanol–water partition coefficient (Wildman–Crippen LogP) is 1.48. The van der Waals surface area contributed by atoms with Crippen LogP contribution in [0.2, 0.25) is 0 Å². The van der Waals surface area contributed by atoms with Crippen molar-refractivity contribution in [1.82, 2.24) is 29.1 Å². The van der Waals surface area contributed by atoms with E-state index < -0.39 is 0 Å². The van der Waals surface area contributed by atoms with Gasteiger partial charge in [-0.15, -0.1) is 5.92 Å². The predicted molar refractivity (Wildman–Crippen MR) is 124 cm³/mol. The van der Waals surface area contributed by atoms with Crippen LogP contribution in [0.15, 0.2) is 35.4 Å². The molecule has 5 rings (SSSR count). The van der Waals surface area contributed by atoms with E-state index in [1.165, 1.54) is 4.68 Å². The van der Waals surface area contributed by atoms with Crippen LogP contribution < -0.4 is 16.2 Å². The van der Waals surface area contributed by atoms with E-state index in [-0.39, 0.29) is 11.6 Å². The molecule has 1 saturated heterocycles. The first-order chi connectivity index (χ1) is 15.6. The summed E-state index contributed by atoms with van der Waals surface area (Å²) in [5, 5.41) is 9.79. The summed E-state index contributed by atoms with van der Waals surface area (Å²) in [5.74, 6) is 6.76. The quantitative estimate of drug-likeness (QED) is 0.492. The Morgan fingerprint density at radius 1 is 1.25 bits per heavy atom. The summed E-state index contributed by atoms with van der Waals surface area (Å²) in [6, 6.07) is 6.09. The summed E-state index contributed by atoms with van der Waals surface area (Å²) < 4.78 is 5.23. The average molecular weight is 431 g/mol. The van der Waals surface area contributed by atoms with Gasteiger partial charge in [-0.3, -0.25) is 14.0 Å². The number of anilines is 1. The molecule has 1 aliphatic rings. The van der Waals surface area contributed by atoms with Gasteiger partial charge in [0.15, 0.2) is 0 Å². The van der Waals surface area contributed by atoms with Crippen molar-refractivity contribution >= 4 is 27.9 Å². The fourth-order valence-corrected chi connectivity index (χ4v) is 4.46. The van der Waals surface area contributed by atoms with E-state index in [4.69, 9.17) is 10.7 Å². The summed E-state index contributed by atoms with van der Waals surface area (Å²) in [6.45, 7) is 4.12. The highest BCUT2D eigenvalue weighted by Crippen LogP contribution is 2.23. The number of hydrogen-bond donors (Lipinski definition) is 1. The highest BCUT2D eigenvalue weighted by atomic mass is 16.1. The second-order valence-electron chi connectivity index (χ2n) is 8.23. The molecule has 0 saturated carbocycles. The number of piperidine rings is 1. The van der Waals surface area contributed by atoms with E-state index in [2.05, 4.69) is 26.9 Å². The molecule has 32 heavy (non-hydrogen) atoms. The van der Waals surface area contributed by atoms with Crippen LogP contribution in [-0.4, -0.2) is 48.2 Å². The van der Waals surface area contributed by atoms with Crippen LogP contribution in [0.5, 0.6) is 0 Å². The lowest BCUT2D eigenvalue weighted by Gasteiger charge is -2.31. The van der Waals surface area contributed by atoms with Crippen molar-refractivity contribution in [2.45, 2.75) is 38.9 Å². The van der Waals surface area contributed by atoms with Gasteiger partial charge in [0, 0.05) is 31.6 Å². The minimum absolute atomic E-state index is 0.101. The van der Waals surface area contributed by atoms with Crippen molar-refractivity contribution in [3.63, 3.8) is 0 Å². The molecular weight excluding hydrogens is 404 g/mol. The van der Waals surface area contributed by atoms with Crippen molar-refractivity contribution in [2.75, 3.05) is 18.0 Å². The first-order valence-electron chi connectivity index (χ1n) is 10.8. The largest absolute Gasteiger partial charge is 0.341 e. The van der Waals surface area contributed by atoms with E-state index in [9.17, 15) is 4.79 Å². The van der Waals surface area contributed by atoms with Gasteiger partial charge in [0.25, 0.3) is 5.56 Å². The highest BCUT2D eigenvalue weighted by molar-refractivity contribution is 5.82. The molecule has 0 radical (unpaired) electrons. The second kappa shape index (κ2) is 8.13.